The zero-order valence-electron chi connectivity index (χ0n) is 11.6. The number of ether oxygens (including phenoxy) is 1. The molecule has 0 amide bonds. The zero-order chi connectivity index (χ0) is 13.1. The number of likely N-dealkylation sites (tertiary alicyclic amines) is 1. The van der Waals surface area contributed by atoms with Crippen molar-refractivity contribution in [2.24, 2.45) is 12.8 Å². The standard InChI is InChI=1S/C13H24N4O/c1-4-12-10(9-16(2)15-12)13-11(14)5-6-17(13)7-8-18-3/h9,11,13H,4-8,14H2,1-3H3. The Morgan fingerprint density at radius 2 is 2.33 bits per heavy atom. The van der Waals surface area contributed by atoms with E-state index in [-0.39, 0.29) is 6.04 Å². The van der Waals surface area contributed by atoms with E-state index in [4.69, 9.17) is 10.5 Å². The highest BCUT2D eigenvalue weighted by molar-refractivity contribution is 5.24. The minimum Gasteiger partial charge on any atom is -0.383 e. The molecule has 0 radical (unpaired) electrons. The molecule has 0 aromatic carbocycles. The van der Waals surface area contributed by atoms with Gasteiger partial charge in [-0.15, -0.1) is 0 Å². The maximum absolute atomic E-state index is 6.29. The molecule has 5 heteroatoms. The molecular weight excluding hydrogens is 228 g/mol. The molecule has 0 saturated carbocycles. The van der Waals surface area contributed by atoms with Crippen molar-refractivity contribution in [2.45, 2.75) is 31.8 Å². The largest absolute Gasteiger partial charge is 0.383 e. The van der Waals surface area contributed by atoms with Crippen LogP contribution >= 0.6 is 0 Å². The molecule has 2 atom stereocenters. The molecule has 1 aromatic heterocycles. The van der Waals surface area contributed by atoms with E-state index in [0.29, 0.717) is 6.04 Å². The maximum atomic E-state index is 6.29. The predicted molar refractivity (Wildman–Crippen MR) is 71.4 cm³/mol. The van der Waals surface area contributed by atoms with Gasteiger partial charge in [-0.25, -0.2) is 0 Å². The van der Waals surface area contributed by atoms with Crippen LogP contribution in [0, 0.1) is 0 Å². The van der Waals surface area contributed by atoms with E-state index in [2.05, 4.69) is 23.1 Å². The van der Waals surface area contributed by atoms with E-state index in [0.717, 1.165) is 32.5 Å². The van der Waals surface area contributed by atoms with Gasteiger partial charge in [-0.2, -0.15) is 5.10 Å². The average molecular weight is 252 g/mol. The molecule has 1 aromatic rings. The van der Waals surface area contributed by atoms with Crippen LogP contribution in [0.5, 0.6) is 0 Å². The quantitative estimate of drug-likeness (QED) is 0.838. The Bertz CT molecular complexity index is 390. The summed E-state index contributed by atoms with van der Waals surface area (Å²) in [5, 5.41) is 4.53. The Morgan fingerprint density at radius 1 is 1.56 bits per heavy atom. The van der Waals surface area contributed by atoms with Gasteiger partial charge < -0.3 is 10.5 Å². The van der Waals surface area contributed by atoms with Gasteiger partial charge in [0.15, 0.2) is 0 Å². The topological polar surface area (TPSA) is 56.3 Å². The first-order valence-corrected chi connectivity index (χ1v) is 6.68. The van der Waals surface area contributed by atoms with Crippen LogP contribution in [0.2, 0.25) is 0 Å². The highest BCUT2D eigenvalue weighted by Crippen LogP contribution is 2.32. The molecule has 2 N–H and O–H groups in total. The molecule has 1 aliphatic rings. The zero-order valence-corrected chi connectivity index (χ0v) is 11.6. The summed E-state index contributed by atoms with van der Waals surface area (Å²) < 4.78 is 7.08. The van der Waals surface area contributed by atoms with Crippen molar-refractivity contribution in [2.75, 3.05) is 26.8 Å². The van der Waals surface area contributed by atoms with Gasteiger partial charge >= 0.3 is 0 Å². The SMILES string of the molecule is CCc1nn(C)cc1C1C(N)CCN1CCOC. The van der Waals surface area contributed by atoms with Gasteiger partial charge in [-0.1, -0.05) is 6.92 Å². The molecule has 1 aliphatic heterocycles. The van der Waals surface area contributed by atoms with Gasteiger partial charge in [0.2, 0.25) is 0 Å². The van der Waals surface area contributed by atoms with Crippen molar-refractivity contribution in [3.05, 3.63) is 17.5 Å². The lowest BCUT2D eigenvalue weighted by atomic mass is 10.0. The summed E-state index contributed by atoms with van der Waals surface area (Å²) in [6, 6.07) is 0.500. The van der Waals surface area contributed by atoms with E-state index in [1.165, 1.54) is 11.3 Å². The van der Waals surface area contributed by atoms with Crippen LogP contribution in [0.4, 0.5) is 0 Å². The van der Waals surface area contributed by atoms with Crippen molar-refractivity contribution in [1.82, 2.24) is 14.7 Å². The van der Waals surface area contributed by atoms with Gasteiger partial charge in [-0.05, 0) is 12.8 Å². The minimum absolute atomic E-state index is 0.205. The fourth-order valence-corrected chi connectivity index (χ4v) is 2.84. The smallest absolute Gasteiger partial charge is 0.0670 e. The van der Waals surface area contributed by atoms with E-state index in [1.807, 2.05) is 11.7 Å². The van der Waals surface area contributed by atoms with Crippen molar-refractivity contribution >= 4 is 0 Å². The summed E-state index contributed by atoms with van der Waals surface area (Å²) in [5.74, 6) is 0. The van der Waals surface area contributed by atoms with Crippen LogP contribution in [-0.4, -0.2) is 47.5 Å². The molecule has 2 rings (SSSR count). The van der Waals surface area contributed by atoms with Crippen molar-refractivity contribution in [3.8, 4) is 0 Å². The summed E-state index contributed by atoms with van der Waals surface area (Å²) in [6.07, 6.45) is 4.12. The van der Waals surface area contributed by atoms with Crippen LogP contribution in [0.25, 0.3) is 0 Å². The predicted octanol–water partition coefficient (Wildman–Crippen LogP) is 0.703. The van der Waals surface area contributed by atoms with Crippen LogP contribution < -0.4 is 5.73 Å². The van der Waals surface area contributed by atoms with Crippen molar-refractivity contribution < 1.29 is 4.74 Å². The monoisotopic (exact) mass is 252 g/mol. The first-order chi connectivity index (χ1) is 8.67. The first kappa shape index (κ1) is 13.5. The number of nitrogens with two attached hydrogens (primary N) is 1. The Morgan fingerprint density at radius 3 is 3.00 bits per heavy atom. The number of methoxy groups -OCH3 is 1. The van der Waals surface area contributed by atoms with E-state index in [9.17, 15) is 0 Å². The minimum atomic E-state index is 0.205. The van der Waals surface area contributed by atoms with Gasteiger partial charge in [-0.3, -0.25) is 9.58 Å². The third-order valence-corrected chi connectivity index (χ3v) is 3.72. The lowest BCUT2D eigenvalue weighted by molar-refractivity contribution is 0.138. The van der Waals surface area contributed by atoms with Gasteiger partial charge in [0.05, 0.1) is 18.3 Å². The second kappa shape index (κ2) is 5.82. The third-order valence-electron chi connectivity index (χ3n) is 3.72. The highest BCUT2D eigenvalue weighted by atomic mass is 16.5. The summed E-state index contributed by atoms with van der Waals surface area (Å²) in [7, 11) is 3.72. The molecule has 1 saturated heterocycles. The number of hydrogen-bond acceptors (Lipinski definition) is 4. The lowest BCUT2D eigenvalue weighted by Crippen LogP contribution is -2.34. The molecule has 0 spiro atoms. The Hall–Kier alpha value is -0.910. The van der Waals surface area contributed by atoms with Crippen LogP contribution in [-0.2, 0) is 18.2 Å². The van der Waals surface area contributed by atoms with E-state index in [1.54, 1.807) is 7.11 Å². The second-order valence-corrected chi connectivity index (χ2v) is 4.98. The molecule has 2 unspecified atom stereocenters. The maximum Gasteiger partial charge on any atom is 0.0670 e. The van der Waals surface area contributed by atoms with E-state index >= 15 is 0 Å². The Balaban J connectivity index is 2.21. The van der Waals surface area contributed by atoms with Crippen LogP contribution in [0.15, 0.2) is 6.20 Å². The number of aromatic nitrogens is 2. The molecule has 18 heavy (non-hydrogen) atoms. The number of aryl methyl sites for hydroxylation is 2. The van der Waals surface area contributed by atoms with Gasteiger partial charge in [0.25, 0.3) is 0 Å². The van der Waals surface area contributed by atoms with E-state index < -0.39 is 0 Å². The molecule has 0 aliphatic carbocycles. The van der Waals surface area contributed by atoms with Crippen LogP contribution in [0.3, 0.4) is 0 Å². The fourth-order valence-electron chi connectivity index (χ4n) is 2.84. The van der Waals surface area contributed by atoms with Crippen molar-refractivity contribution in [3.63, 3.8) is 0 Å². The lowest BCUT2D eigenvalue weighted by Gasteiger charge is -2.26. The Kier molecular flexibility index (Phi) is 4.37. The molecular formula is C13H24N4O. The first-order valence-electron chi connectivity index (χ1n) is 6.68. The normalized spacial score (nSPS) is 24.9. The van der Waals surface area contributed by atoms with Gasteiger partial charge in [0, 0.05) is 45.0 Å². The average Bonchev–Trinajstić information content (AvgIpc) is 2.89. The summed E-state index contributed by atoms with van der Waals surface area (Å²) in [5.41, 5.74) is 8.75. The molecule has 1 fully saturated rings. The summed E-state index contributed by atoms with van der Waals surface area (Å²) in [6.45, 7) is 4.89. The van der Waals surface area contributed by atoms with Crippen LogP contribution in [0.1, 0.15) is 30.6 Å². The molecule has 102 valence electrons. The summed E-state index contributed by atoms with van der Waals surface area (Å²) in [4.78, 5) is 2.42. The van der Waals surface area contributed by atoms with Crippen molar-refractivity contribution in [1.29, 1.82) is 0 Å². The Labute approximate surface area is 109 Å². The number of nitrogens with zero attached hydrogens (tertiary/aromatic N) is 3. The number of rotatable bonds is 5. The highest BCUT2D eigenvalue weighted by Gasteiger charge is 2.34. The fraction of sp³-hybridized carbons (Fsp3) is 0.769. The molecule has 2 heterocycles. The summed E-state index contributed by atoms with van der Waals surface area (Å²) >= 11 is 0. The number of hydrogen-bond donors (Lipinski definition) is 1. The molecule has 0 bridgehead atoms. The molecule has 5 nitrogen and oxygen atoms in total. The third kappa shape index (κ3) is 2.58. The van der Waals surface area contributed by atoms with Gasteiger partial charge in [0.1, 0.15) is 0 Å². The second-order valence-electron chi connectivity index (χ2n) is 4.98.